The van der Waals surface area contributed by atoms with Gasteiger partial charge in [-0.15, -0.1) is 0 Å². The van der Waals surface area contributed by atoms with Gasteiger partial charge in [-0.1, -0.05) is 6.07 Å². The van der Waals surface area contributed by atoms with Crippen LogP contribution in [0.2, 0.25) is 0 Å². The van der Waals surface area contributed by atoms with Gasteiger partial charge in [0.05, 0.1) is 28.3 Å². The maximum absolute atomic E-state index is 12.3. The van der Waals surface area contributed by atoms with Crippen LogP contribution in [-0.2, 0) is 4.79 Å². The van der Waals surface area contributed by atoms with E-state index < -0.39 is 17.1 Å². The van der Waals surface area contributed by atoms with Crippen LogP contribution >= 0.6 is 0 Å². The Labute approximate surface area is 129 Å². The number of benzene rings is 1. The highest BCUT2D eigenvalue weighted by Gasteiger charge is 2.27. The second-order valence-electron chi connectivity index (χ2n) is 5.66. The van der Waals surface area contributed by atoms with E-state index >= 15 is 0 Å². The van der Waals surface area contributed by atoms with Gasteiger partial charge < -0.3 is 10.4 Å². The van der Waals surface area contributed by atoms with Gasteiger partial charge in [-0.05, 0) is 39.3 Å². The Bertz CT molecular complexity index is 576. The van der Waals surface area contributed by atoms with E-state index in [1.54, 1.807) is 26.0 Å². The van der Waals surface area contributed by atoms with Gasteiger partial charge in [0, 0.05) is 12.6 Å². The first-order valence-electron chi connectivity index (χ1n) is 7.37. The third kappa shape index (κ3) is 3.61. The van der Waals surface area contributed by atoms with Crippen molar-refractivity contribution in [1.82, 2.24) is 4.90 Å². The topological polar surface area (TPSA) is 95.7 Å². The third-order valence-corrected chi connectivity index (χ3v) is 4.11. The summed E-state index contributed by atoms with van der Waals surface area (Å²) in [6.07, 6.45) is 1.22. The van der Waals surface area contributed by atoms with Gasteiger partial charge in [-0.2, -0.15) is 0 Å². The normalized spacial score (nSPS) is 20.4. The minimum absolute atomic E-state index is 0.0150. The maximum Gasteiger partial charge on any atom is 0.274 e. The molecule has 0 bridgehead atoms. The summed E-state index contributed by atoms with van der Waals surface area (Å²) in [7, 11) is 0. The molecule has 0 spiro atoms. The number of carbonyl (C=O) groups excluding carboxylic acids is 1. The number of rotatable bonds is 4. The molecule has 7 nitrogen and oxygen atoms in total. The standard InChI is InChI=1S/C15H21N3O4/c1-10-13(6-3-7-14(10)18(21)22)16-15(20)11(2)17-8-4-5-12(19)9-17/h3,6-7,11-12,19H,4-5,8-9H2,1-2H3,(H,16,20). The van der Waals surface area contributed by atoms with Crippen LogP contribution in [0.4, 0.5) is 11.4 Å². The van der Waals surface area contributed by atoms with Crippen molar-refractivity contribution in [2.45, 2.75) is 38.8 Å². The van der Waals surface area contributed by atoms with Crippen molar-refractivity contribution in [3.8, 4) is 0 Å². The molecule has 0 saturated carbocycles. The summed E-state index contributed by atoms with van der Waals surface area (Å²) in [6, 6.07) is 4.22. The van der Waals surface area contributed by atoms with Gasteiger partial charge in [0.1, 0.15) is 0 Å². The SMILES string of the molecule is Cc1c(NC(=O)C(C)N2CCCC(O)C2)cccc1[N+](=O)[O-]. The molecule has 1 saturated heterocycles. The molecule has 1 aromatic carbocycles. The highest BCUT2D eigenvalue weighted by Crippen LogP contribution is 2.25. The number of nitro groups is 1. The largest absolute Gasteiger partial charge is 0.392 e. The number of carbonyl (C=O) groups is 1. The summed E-state index contributed by atoms with van der Waals surface area (Å²) in [5, 5.41) is 23.4. The van der Waals surface area contributed by atoms with Crippen LogP contribution in [0.3, 0.4) is 0 Å². The second kappa shape index (κ2) is 6.85. The number of aliphatic hydroxyl groups is 1. The van der Waals surface area contributed by atoms with Gasteiger partial charge in [0.15, 0.2) is 0 Å². The highest BCUT2D eigenvalue weighted by molar-refractivity contribution is 5.95. The number of likely N-dealkylation sites (tertiary alicyclic amines) is 1. The van der Waals surface area contributed by atoms with E-state index in [0.717, 1.165) is 19.4 Å². The van der Waals surface area contributed by atoms with E-state index in [-0.39, 0.29) is 11.6 Å². The molecule has 2 unspecified atom stereocenters. The number of hydrogen-bond acceptors (Lipinski definition) is 5. The Kier molecular flexibility index (Phi) is 5.10. The first kappa shape index (κ1) is 16.4. The van der Waals surface area contributed by atoms with Crippen molar-refractivity contribution in [3.63, 3.8) is 0 Å². The lowest BCUT2D eigenvalue weighted by molar-refractivity contribution is -0.385. The Morgan fingerprint density at radius 1 is 1.55 bits per heavy atom. The zero-order chi connectivity index (χ0) is 16.3. The second-order valence-corrected chi connectivity index (χ2v) is 5.66. The molecule has 0 aliphatic carbocycles. The minimum atomic E-state index is -0.463. The van der Waals surface area contributed by atoms with Gasteiger partial charge in [0.2, 0.25) is 5.91 Å². The molecule has 1 heterocycles. The first-order valence-corrected chi connectivity index (χ1v) is 7.37. The van der Waals surface area contributed by atoms with Crippen LogP contribution < -0.4 is 5.32 Å². The fourth-order valence-electron chi connectivity index (χ4n) is 2.69. The number of nitrogens with one attached hydrogen (secondary N) is 1. The predicted molar refractivity (Wildman–Crippen MR) is 82.7 cm³/mol. The molecule has 2 rings (SSSR count). The number of nitro benzene ring substituents is 1. The number of nitrogens with zero attached hydrogens (tertiary/aromatic N) is 2. The third-order valence-electron chi connectivity index (χ3n) is 4.11. The zero-order valence-corrected chi connectivity index (χ0v) is 12.8. The van der Waals surface area contributed by atoms with Crippen molar-refractivity contribution in [3.05, 3.63) is 33.9 Å². The van der Waals surface area contributed by atoms with Crippen molar-refractivity contribution in [1.29, 1.82) is 0 Å². The van der Waals surface area contributed by atoms with Crippen LogP contribution in [0.1, 0.15) is 25.3 Å². The lowest BCUT2D eigenvalue weighted by Gasteiger charge is -2.34. The summed E-state index contributed by atoms with van der Waals surface area (Å²) in [5.74, 6) is -0.224. The number of amides is 1. The molecule has 22 heavy (non-hydrogen) atoms. The van der Waals surface area contributed by atoms with E-state index in [0.29, 0.717) is 17.8 Å². The summed E-state index contributed by atoms with van der Waals surface area (Å²) in [5.41, 5.74) is 0.870. The average Bonchev–Trinajstić information content (AvgIpc) is 2.48. The van der Waals surface area contributed by atoms with Gasteiger partial charge >= 0.3 is 0 Å². The molecule has 2 N–H and O–H groups in total. The number of hydrogen-bond donors (Lipinski definition) is 2. The summed E-state index contributed by atoms with van der Waals surface area (Å²) in [4.78, 5) is 24.7. The first-order chi connectivity index (χ1) is 10.4. The van der Waals surface area contributed by atoms with Crippen LogP contribution in [0.5, 0.6) is 0 Å². The highest BCUT2D eigenvalue weighted by atomic mass is 16.6. The molecule has 2 atom stereocenters. The van der Waals surface area contributed by atoms with Gasteiger partial charge in [-0.25, -0.2) is 0 Å². The lowest BCUT2D eigenvalue weighted by Crippen LogP contribution is -2.48. The van der Waals surface area contributed by atoms with E-state index in [1.165, 1.54) is 6.07 Å². The Hall–Kier alpha value is -1.99. The molecule has 0 aromatic heterocycles. The Morgan fingerprint density at radius 2 is 2.27 bits per heavy atom. The molecule has 7 heteroatoms. The molecule has 0 radical (unpaired) electrons. The predicted octanol–water partition coefficient (Wildman–Crippen LogP) is 1.69. The number of anilines is 1. The molecule has 1 aliphatic rings. The smallest absolute Gasteiger partial charge is 0.274 e. The van der Waals surface area contributed by atoms with Crippen LogP contribution in [0.25, 0.3) is 0 Å². The van der Waals surface area contributed by atoms with Crippen molar-refractivity contribution in [2.24, 2.45) is 0 Å². The van der Waals surface area contributed by atoms with Crippen molar-refractivity contribution >= 4 is 17.3 Å². The van der Waals surface area contributed by atoms with E-state index in [4.69, 9.17) is 0 Å². The average molecular weight is 307 g/mol. The van der Waals surface area contributed by atoms with E-state index in [2.05, 4.69) is 5.32 Å². The van der Waals surface area contributed by atoms with Crippen molar-refractivity contribution in [2.75, 3.05) is 18.4 Å². The summed E-state index contributed by atoms with van der Waals surface area (Å²) in [6.45, 7) is 4.63. The lowest BCUT2D eigenvalue weighted by atomic mass is 10.1. The molecule has 120 valence electrons. The van der Waals surface area contributed by atoms with Crippen LogP contribution in [-0.4, -0.2) is 46.1 Å². The summed E-state index contributed by atoms with van der Waals surface area (Å²) < 4.78 is 0. The fraction of sp³-hybridized carbons (Fsp3) is 0.533. The van der Waals surface area contributed by atoms with Crippen LogP contribution in [0, 0.1) is 17.0 Å². The molecule has 1 fully saturated rings. The monoisotopic (exact) mass is 307 g/mol. The molecular formula is C15H21N3O4. The zero-order valence-electron chi connectivity index (χ0n) is 12.8. The van der Waals surface area contributed by atoms with E-state index in [1.807, 2.05) is 4.90 Å². The quantitative estimate of drug-likeness (QED) is 0.652. The molecule has 1 amide bonds. The number of piperidine rings is 1. The van der Waals surface area contributed by atoms with Gasteiger partial charge in [-0.3, -0.25) is 19.8 Å². The maximum atomic E-state index is 12.3. The van der Waals surface area contributed by atoms with Crippen LogP contribution in [0.15, 0.2) is 18.2 Å². The van der Waals surface area contributed by atoms with E-state index in [9.17, 15) is 20.0 Å². The Morgan fingerprint density at radius 3 is 2.91 bits per heavy atom. The fourth-order valence-corrected chi connectivity index (χ4v) is 2.69. The molecular weight excluding hydrogens is 286 g/mol. The summed E-state index contributed by atoms with van der Waals surface area (Å²) >= 11 is 0. The minimum Gasteiger partial charge on any atom is -0.392 e. The Balaban J connectivity index is 2.08. The van der Waals surface area contributed by atoms with Gasteiger partial charge in [0.25, 0.3) is 5.69 Å². The number of β-amino-alcohol motifs (C(OH)–C–C–N with tert-alkyl or cyclic N) is 1. The van der Waals surface area contributed by atoms with Crippen molar-refractivity contribution < 1.29 is 14.8 Å². The number of aliphatic hydroxyl groups excluding tert-OH is 1. The molecule has 1 aliphatic heterocycles. The molecule has 1 aromatic rings.